The lowest BCUT2D eigenvalue weighted by Gasteiger charge is -2.18. The maximum Gasteiger partial charge on any atom is 0.0543 e. The van der Waals surface area contributed by atoms with Crippen molar-refractivity contribution in [2.24, 2.45) is 17.1 Å². The molecule has 0 saturated heterocycles. The van der Waals surface area contributed by atoms with E-state index in [-0.39, 0.29) is 5.54 Å². The standard InChI is InChI=1S/C13H23N3/c1-12(2,3)16-8-9(7-15-16)11-10(6-14)13(11,4)5/h7-8,10-11H,6,14H2,1-5H3/t10-,11-/m0/s1. The fraction of sp³-hybridized carbons (Fsp3) is 0.769. The molecule has 1 aliphatic rings. The van der Waals surface area contributed by atoms with E-state index in [1.54, 1.807) is 0 Å². The Labute approximate surface area is 98.0 Å². The van der Waals surface area contributed by atoms with Gasteiger partial charge in [-0.05, 0) is 50.1 Å². The highest BCUT2D eigenvalue weighted by Gasteiger charge is 2.57. The van der Waals surface area contributed by atoms with Crippen LogP contribution in [-0.4, -0.2) is 16.3 Å². The lowest BCUT2D eigenvalue weighted by atomic mass is 10.1. The summed E-state index contributed by atoms with van der Waals surface area (Å²) in [6.45, 7) is 11.9. The number of rotatable bonds is 2. The van der Waals surface area contributed by atoms with Crippen LogP contribution >= 0.6 is 0 Å². The summed E-state index contributed by atoms with van der Waals surface area (Å²) >= 11 is 0. The SMILES string of the molecule is CC1(C)[C@@H](CN)[C@@H]1c1cnn(C(C)(C)C)c1. The predicted molar refractivity (Wildman–Crippen MR) is 66.3 cm³/mol. The molecule has 1 fully saturated rings. The molecule has 1 saturated carbocycles. The van der Waals surface area contributed by atoms with Gasteiger partial charge in [-0.3, -0.25) is 4.68 Å². The Hall–Kier alpha value is -0.830. The molecule has 1 heterocycles. The van der Waals surface area contributed by atoms with Crippen LogP contribution in [0.4, 0.5) is 0 Å². The third-order valence-electron chi connectivity index (χ3n) is 3.95. The molecule has 1 aromatic heterocycles. The zero-order valence-electron chi connectivity index (χ0n) is 11.0. The van der Waals surface area contributed by atoms with Crippen LogP contribution in [0.2, 0.25) is 0 Å². The van der Waals surface area contributed by atoms with E-state index in [0.717, 1.165) is 6.54 Å². The van der Waals surface area contributed by atoms with Crippen molar-refractivity contribution in [3.05, 3.63) is 18.0 Å². The van der Waals surface area contributed by atoms with Gasteiger partial charge in [-0.15, -0.1) is 0 Å². The highest BCUT2D eigenvalue weighted by molar-refractivity contribution is 5.28. The van der Waals surface area contributed by atoms with E-state index in [1.807, 2.05) is 10.9 Å². The van der Waals surface area contributed by atoms with Gasteiger partial charge in [0.1, 0.15) is 0 Å². The minimum absolute atomic E-state index is 0.0650. The third kappa shape index (κ3) is 1.67. The maximum atomic E-state index is 5.80. The second-order valence-corrected chi connectivity index (χ2v) is 6.53. The van der Waals surface area contributed by atoms with E-state index in [2.05, 4.69) is 45.9 Å². The molecule has 16 heavy (non-hydrogen) atoms. The van der Waals surface area contributed by atoms with Crippen molar-refractivity contribution in [2.45, 2.75) is 46.1 Å². The normalized spacial score (nSPS) is 28.1. The molecule has 0 radical (unpaired) electrons. The van der Waals surface area contributed by atoms with E-state index in [1.165, 1.54) is 5.56 Å². The number of hydrogen-bond acceptors (Lipinski definition) is 2. The minimum atomic E-state index is 0.0650. The van der Waals surface area contributed by atoms with Crippen LogP contribution in [0.15, 0.2) is 12.4 Å². The Morgan fingerprint density at radius 1 is 1.44 bits per heavy atom. The minimum Gasteiger partial charge on any atom is -0.330 e. The van der Waals surface area contributed by atoms with Crippen molar-refractivity contribution in [3.63, 3.8) is 0 Å². The monoisotopic (exact) mass is 221 g/mol. The molecule has 2 atom stereocenters. The van der Waals surface area contributed by atoms with Gasteiger partial charge >= 0.3 is 0 Å². The molecule has 0 aliphatic heterocycles. The van der Waals surface area contributed by atoms with Crippen LogP contribution in [0.3, 0.4) is 0 Å². The first-order valence-corrected chi connectivity index (χ1v) is 6.03. The molecule has 90 valence electrons. The first-order chi connectivity index (χ1) is 7.28. The van der Waals surface area contributed by atoms with Crippen LogP contribution in [0.1, 0.15) is 46.1 Å². The Balaban J connectivity index is 2.22. The first kappa shape index (κ1) is 11.6. The molecule has 1 aromatic rings. The quantitative estimate of drug-likeness (QED) is 0.833. The van der Waals surface area contributed by atoms with E-state index in [9.17, 15) is 0 Å². The van der Waals surface area contributed by atoms with Crippen LogP contribution in [0.5, 0.6) is 0 Å². The lowest BCUT2D eigenvalue weighted by Crippen LogP contribution is -2.21. The van der Waals surface area contributed by atoms with E-state index in [4.69, 9.17) is 5.73 Å². The molecule has 0 aromatic carbocycles. The first-order valence-electron chi connectivity index (χ1n) is 6.03. The van der Waals surface area contributed by atoms with E-state index in [0.29, 0.717) is 17.3 Å². The van der Waals surface area contributed by atoms with E-state index < -0.39 is 0 Å². The summed E-state index contributed by atoms with van der Waals surface area (Å²) in [5.74, 6) is 1.21. The van der Waals surface area contributed by atoms with Gasteiger partial charge in [-0.2, -0.15) is 5.10 Å². The molecular formula is C13H23N3. The largest absolute Gasteiger partial charge is 0.330 e. The summed E-state index contributed by atoms with van der Waals surface area (Å²) in [4.78, 5) is 0. The highest BCUT2D eigenvalue weighted by atomic mass is 15.3. The van der Waals surface area contributed by atoms with Crippen molar-refractivity contribution in [1.82, 2.24) is 9.78 Å². The fourth-order valence-electron chi connectivity index (χ4n) is 2.71. The summed E-state index contributed by atoms with van der Waals surface area (Å²) in [7, 11) is 0. The Morgan fingerprint density at radius 2 is 2.06 bits per heavy atom. The lowest BCUT2D eigenvalue weighted by molar-refractivity contribution is 0.355. The summed E-state index contributed by atoms with van der Waals surface area (Å²) in [5.41, 5.74) is 7.56. The van der Waals surface area contributed by atoms with Crippen LogP contribution in [0, 0.1) is 11.3 Å². The van der Waals surface area contributed by atoms with Crippen molar-refractivity contribution < 1.29 is 0 Å². The zero-order chi connectivity index (χ0) is 12.1. The second-order valence-electron chi connectivity index (χ2n) is 6.53. The average Bonchev–Trinajstić information content (AvgIpc) is 2.57. The highest BCUT2D eigenvalue weighted by Crippen LogP contribution is 2.63. The van der Waals surface area contributed by atoms with Gasteiger partial charge in [0.25, 0.3) is 0 Å². The summed E-state index contributed by atoms with van der Waals surface area (Å²) in [5, 5.41) is 4.46. The molecular weight excluding hydrogens is 198 g/mol. The molecule has 0 amide bonds. The Bertz CT molecular complexity index is 384. The van der Waals surface area contributed by atoms with Crippen molar-refractivity contribution in [3.8, 4) is 0 Å². The predicted octanol–water partition coefficient (Wildman–Crippen LogP) is 2.34. The van der Waals surface area contributed by atoms with Crippen molar-refractivity contribution in [2.75, 3.05) is 6.54 Å². The van der Waals surface area contributed by atoms with E-state index >= 15 is 0 Å². The molecule has 3 heteroatoms. The Morgan fingerprint density at radius 3 is 2.44 bits per heavy atom. The van der Waals surface area contributed by atoms with Gasteiger partial charge in [-0.1, -0.05) is 13.8 Å². The molecule has 2 N–H and O–H groups in total. The number of aromatic nitrogens is 2. The fourth-order valence-corrected chi connectivity index (χ4v) is 2.71. The topological polar surface area (TPSA) is 43.8 Å². The van der Waals surface area contributed by atoms with Gasteiger partial charge < -0.3 is 5.73 Å². The van der Waals surface area contributed by atoms with Gasteiger partial charge in [0.2, 0.25) is 0 Å². The van der Waals surface area contributed by atoms with Gasteiger partial charge in [0, 0.05) is 6.20 Å². The number of nitrogens with two attached hydrogens (primary N) is 1. The molecule has 3 nitrogen and oxygen atoms in total. The molecule has 2 rings (SSSR count). The second kappa shape index (κ2) is 3.33. The average molecular weight is 221 g/mol. The Kier molecular flexibility index (Phi) is 2.42. The third-order valence-corrected chi connectivity index (χ3v) is 3.95. The number of nitrogens with zero attached hydrogens (tertiary/aromatic N) is 2. The summed E-state index contributed by atoms with van der Waals surface area (Å²) in [6.07, 6.45) is 4.19. The van der Waals surface area contributed by atoms with Crippen LogP contribution < -0.4 is 5.73 Å². The smallest absolute Gasteiger partial charge is 0.0543 e. The molecule has 0 unspecified atom stereocenters. The number of hydrogen-bond donors (Lipinski definition) is 1. The maximum absolute atomic E-state index is 5.80. The van der Waals surface area contributed by atoms with Gasteiger partial charge in [0.15, 0.2) is 0 Å². The van der Waals surface area contributed by atoms with Gasteiger partial charge in [0.05, 0.1) is 11.7 Å². The molecule has 0 spiro atoms. The summed E-state index contributed by atoms with van der Waals surface area (Å²) < 4.78 is 2.05. The van der Waals surface area contributed by atoms with Crippen LogP contribution in [0.25, 0.3) is 0 Å². The van der Waals surface area contributed by atoms with Crippen molar-refractivity contribution >= 4 is 0 Å². The van der Waals surface area contributed by atoms with Crippen molar-refractivity contribution in [1.29, 1.82) is 0 Å². The molecule has 1 aliphatic carbocycles. The molecule has 0 bridgehead atoms. The van der Waals surface area contributed by atoms with Gasteiger partial charge in [-0.25, -0.2) is 0 Å². The van der Waals surface area contributed by atoms with Crippen LogP contribution in [-0.2, 0) is 5.54 Å². The summed E-state index contributed by atoms with van der Waals surface area (Å²) in [6, 6.07) is 0. The zero-order valence-corrected chi connectivity index (χ0v) is 11.0.